The van der Waals surface area contributed by atoms with Crippen LogP contribution in [0.25, 0.3) is 0 Å². The third-order valence-electron chi connectivity index (χ3n) is 4.82. The molecule has 0 unspecified atom stereocenters. The number of hydrogen-bond donors (Lipinski definition) is 1. The number of benzene rings is 1. The van der Waals surface area contributed by atoms with Crippen LogP contribution < -0.4 is 5.32 Å². The zero-order chi connectivity index (χ0) is 20.5. The minimum Gasteiger partial charge on any atom is -0.466 e. The molecule has 2 aliphatic heterocycles. The normalized spacial score (nSPS) is 20.3. The molecule has 4 rings (SSSR count). The third kappa shape index (κ3) is 3.77. The van der Waals surface area contributed by atoms with Crippen molar-refractivity contribution in [1.29, 1.82) is 0 Å². The van der Waals surface area contributed by atoms with Gasteiger partial charge in [0.15, 0.2) is 12.4 Å². The highest BCUT2D eigenvalue weighted by Crippen LogP contribution is 2.41. The number of carbonyl (C=O) groups excluding carboxylic acids is 4. The second kappa shape index (κ2) is 7.75. The molecule has 2 amide bonds. The second-order valence-corrected chi connectivity index (χ2v) is 7.88. The van der Waals surface area contributed by atoms with Gasteiger partial charge in [0.1, 0.15) is 17.2 Å². The first-order valence-electron chi connectivity index (χ1n) is 9.00. The highest BCUT2D eigenvalue weighted by molar-refractivity contribution is 7.99. The van der Waals surface area contributed by atoms with E-state index in [4.69, 9.17) is 9.15 Å². The third-order valence-corrected chi connectivity index (χ3v) is 6.10. The molecular formula is C20H18N2O6S. The van der Waals surface area contributed by atoms with E-state index < -0.39 is 24.0 Å². The number of amides is 2. The van der Waals surface area contributed by atoms with E-state index in [-0.39, 0.29) is 24.0 Å². The molecule has 0 saturated carbocycles. The van der Waals surface area contributed by atoms with E-state index in [1.807, 2.05) is 0 Å². The monoisotopic (exact) mass is 414 g/mol. The van der Waals surface area contributed by atoms with E-state index in [2.05, 4.69) is 5.32 Å². The maximum atomic E-state index is 12.6. The highest BCUT2D eigenvalue weighted by Gasteiger charge is 2.43. The van der Waals surface area contributed by atoms with Gasteiger partial charge in [-0.25, -0.2) is 4.79 Å². The molecule has 150 valence electrons. The number of hydrogen-bond acceptors (Lipinski definition) is 7. The maximum absolute atomic E-state index is 12.6. The standard InChI is InChI=1S/C20H18N2O6S/c1-11(23)22-15(10-29-19(22)17-3-2-6-27-17)20(26)28-9-16(24)12-4-5-14-13(7-12)8-18(25)21-14/h2-7,15,19H,8-10H2,1H3,(H,21,25)/t15-,19-/m1/s1. The molecule has 0 spiro atoms. The number of ether oxygens (including phenoxy) is 1. The Bertz CT molecular complexity index is 987. The molecule has 2 aliphatic rings. The predicted molar refractivity (Wildman–Crippen MR) is 104 cm³/mol. The number of furan rings is 1. The van der Waals surface area contributed by atoms with Crippen LogP contribution in [0.5, 0.6) is 0 Å². The van der Waals surface area contributed by atoms with Gasteiger partial charge in [0, 0.05) is 23.9 Å². The van der Waals surface area contributed by atoms with Crippen molar-refractivity contribution in [3.8, 4) is 0 Å². The van der Waals surface area contributed by atoms with Crippen LogP contribution in [-0.2, 0) is 25.5 Å². The van der Waals surface area contributed by atoms with Gasteiger partial charge in [-0.05, 0) is 35.9 Å². The van der Waals surface area contributed by atoms with Crippen LogP contribution in [-0.4, -0.2) is 46.9 Å². The quantitative estimate of drug-likeness (QED) is 0.590. The fourth-order valence-corrected chi connectivity index (χ4v) is 4.86. The number of rotatable bonds is 5. The molecule has 1 aromatic carbocycles. The molecule has 1 aromatic heterocycles. The van der Waals surface area contributed by atoms with Crippen LogP contribution in [0.3, 0.4) is 0 Å². The summed E-state index contributed by atoms with van der Waals surface area (Å²) in [6.45, 7) is 0.949. The summed E-state index contributed by atoms with van der Waals surface area (Å²) in [6.07, 6.45) is 1.73. The Labute approximate surface area is 170 Å². The van der Waals surface area contributed by atoms with Crippen molar-refractivity contribution in [2.75, 3.05) is 17.7 Å². The molecule has 0 aliphatic carbocycles. The Balaban J connectivity index is 1.40. The summed E-state index contributed by atoms with van der Waals surface area (Å²) in [6, 6.07) is 7.55. The van der Waals surface area contributed by atoms with E-state index in [1.165, 1.54) is 29.8 Å². The average Bonchev–Trinajstić information content (AvgIpc) is 3.42. The number of Topliss-reactive ketones (excluding diaryl/α,β-unsaturated/α-hetero) is 1. The first kappa shape index (κ1) is 19.3. The molecule has 8 nitrogen and oxygen atoms in total. The van der Waals surface area contributed by atoms with Crippen LogP contribution >= 0.6 is 11.8 Å². The van der Waals surface area contributed by atoms with Crippen LogP contribution in [0.1, 0.15) is 34.0 Å². The van der Waals surface area contributed by atoms with E-state index >= 15 is 0 Å². The van der Waals surface area contributed by atoms with Crippen molar-refractivity contribution in [3.05, 3.63) is 53.5 Å². The predicted octanol–water partition coefficient (Wildman–Crippen LogP) is 2.16. The summed E-state index contributed by atoms with van der Waals surface area (Å²) in [7, 11) is 0. The van der Waals surface area contributed by atoms with Crippen LogP contribution in [0, 0.1) is 0 Å². The van der Waals surface area contributed by atoms with Gasteiger partial charge in [-0.2, -0.15) is 0 Å². The Morgan fingerprint density at radius 1 is 1.31 bits per heavy atom. The minimum absolute atomic E-state index is 0.120. The van der Waals surface area contributed by atoms with E-state index in [0.717, 1.165) is 5.56 Å². The molecular weight excluding hydrogens is 396 g/mol. The number of thioether (sulfide) groups is 1. The lowest BCUT2D eigenvalue weighted by molar-refractivity contribution is -0.152. The molecule has 1 fully saturated rings. The Hall–Kier alpha value is -3.07. The lowest BCUT2D eigenvalue weighted by Gasteiger charge is -2.25. The summed E-state index contributed by atoms with van der Waals surface area (Å²) in [5, 5.41) is 2.29. The molecule has 3 heterocycles. The Kier molecular flexibility index (Phi) is 5.14. The molecule has 0 bridgehead atoms. The van der Waals surface area contributed by atoms with Gasteiger partial charge in [0.25, 0.3) is 0 Å². The number of esters is 1. The lowest BCUT2D eigenvalue weighted by Crippen LogP contribution is -2.43. The van der Waals surface area contributed by atoms with Gasteiger partial charge in [-0.1, -0.05) is 0 Å². The van der Waals surface area contributed by atoms with Gasteiger partial charge in [-0.15, -0.1) is 11.8 Å². The lowest BCUT2D eigenvalue weighted by atomic mass is 10.1. The Morgan fingerprint density at radius 2 is 2.14 bits per heavy atom. The molecule has 1 N–H and O–H groups in total. The molecule has 0 radical (unpaired) electrons. The largest absolute Gasteiger partial charge is 0.466 e. The zero-order valence-electron chi connectivity index (χ0n) is 15.5. The average molecular weight is 414 g/mol. The van der Waals surface area contributed by atoms with Crippen molar-refractivity contribution in [3.63, 3.8) is 0 Å². The molecule has 1 saturated heterocycles. The molecule has 29 heavy (non-hydrogen) atoms. The number of ketones is 1. The summed E-state index contributed by atoms with van der Waals surface area (Å²) >= 11 is 1.40. The van der Waals surface area contributed by atoms with Crippen molar-refractivity contribution >= 4 is 41.0 Å². The van der Waals surface area contributed by atoms with E-state index in [9.17, 15) is 19.2 Å². The SMILES string of the molecule is CC(=O)N1[C@@H](C(=O)OCC(=O)c2ccc3c(c2)CC(=O)N3)CS[C@@H]1c1ccco1. The van der Waals surface area contributed by atoms with Crippen molar-refractivity contribution in [2.45, 2.75) is 24.8 Å². The second-order valence-electron chi connectivity index (χ2n) is 6.77. The van der Waals surface area contributed by atoms with Gasteiger partial charge in [0.2, 0.25) is 11.8 Å². The van der Waals surface area contributed by atoms with Crippen LogP contribution in [0.2, 0.25) is 0 Å². The van der Waals surface area contributed by atoms with E-state index in [0.29, 0.717) is 22.8 Å². The number of fused-ring (bicyclic) bond motifs is 1. The fourth-order valence-electron chi connectivity index (χ4n) is 3.44. The van der Waals surface area contributed by atoms with Gasteiger partial charge in [0.05, 0.1) is 12.7 Å². The number of nitrogens with zero attached hydrogens (tertiary/aromatic N) is 1. The smallest absolute Gasteiger partial charge is 0.330 e. The van der Waals surface area contributed by atoms with Crippen LogP contribution in [0.4, 0.5) is 5.69 Å². The van der Waals surface area contributed by atoms with Crippen LogP contribution in [0.15, 0.2) is 41.0 Å². The van der Waals surface area contributed by atoms with Crippen molar-refractivity contribution < 1.29 is 28.3 Å². The van der Waals surface area contributed by atoms with Crippen molar-refractivity contribution in [2.24, 2.45) is 0 Å². The Morgan fingerprint density at radius 3 is 2.86 bits per heavy atom. The van der Waals surface area contributed by atoms with Gasteiger partial charge < -0.3 is 19.4 Å². The molecule has 2 atom stereocenters. The minimum atomic E-state index is -0.790. The first-order chi connectivity index (χ1) is 13.9. The van der Waals surface area contributed by atoms with Gasteiger partial charge >= 0.3 is 5.97 Å². The number of nitrogens with one attached hydrogen (secondary N) is 1. The van der Waals surface area contributed by atoms with Crippen molar-refractivity contribution in [1.82, 2.24) is 4.90 Å². The van der Waals surface area contributed by atoms with Gasteiger partial charge in [-0.3, -0.25) is 14.4 Å². The summed E-state index contributed by atoms with van der Waals surface area (Å²) < 4.78 is 10.6. The molecule has 9 heteroatoms. The van der Waals surface area contributed by atoms with E-state index in [1.54, 1.807) is 30.3 Å². The summed E-state index contributed by atoms with van der Waals surface area (Å²) in [4.78, 5) is 50.0. The highest BCUT2D eigenvalue weighted by atomic mass is 32.2. The topological polar surface area (TPSA) is 106 Å². The summed E-state index contributed by atoms with van der Waals surface area (Å²) in [5.41, 5.74) is 1.79. The maximum Gasteiger partial charge on any atom is 0.330 e. The summed E-state index contributed by atoms with van der Waals surface area (Å²) in [5.74, 6) is -0.468. The first-order valence-corrected chi connectivity index (χ1v) is 10.1. The molecule has 2 aromatic rings. The fraction of sp³-hybridized carbons (Fsp3) is 0.300. The number of carbonyl (C=O) groups is 4. The number of anilines is 1. The zero-order valence-corrected chi connectivity index (χ0v) is 16.4.